The lowest BCUT2D eigenvalue weighted by Crippen LogP contribution is -2.59. The quantitative estimate of drug-likeness (QED) is 0.779. The van der Waals surface area contributed by atoms with Gasteiger partial charge in [0.05, 0.1) is 24.2 Å². The zero-order valence-corrected chi connectivity index (χ0v) is 16.1. The van der Waals surface area contributed by atoms with E-state index >= 15 is 0 Å². The van der Waals surface area contributed by atoms with Gasteiger partial charge in [-0.1, -0.05) is 18.2 Å². The first-order valence-electron chi connectivity index (χ1n) is 9.15. The maximum Gasteiger partial charge on any atom is 0.243 e. The van der Waals surface area contributed by atoms with Gasteiger partial charge < -0.3 is 9.47 Å². The summed E-state index contributed by atoms with van der Waals surface area (Å²) in [6.45, 7) is 4.05. The van der Waals surface area contributed by atoms with Crippen LogP contribution in [0.5, 0.6) is 0 Å². The van der Waals surface area contributed by atoms with Crippen LogP contribution in [-0.4, -0.2) is 65.5 Å². The summed E-state index contributed by atoms with van der Waals surface area (Å²) in [4.78, 5) is 4.24. The second kappa shape index (κ2) is 7.31. The summed E-state index contributed by atoms with van der Waals surface area (Å²) in [6.07, 6.45) is 4.52. The molecular formula is C18H24N4O4S. The molecule has 2 aliphatic rings. The predicted octanol–water partition coefficient (Wildman–Crippen LogP) is 1.29. The lowest BCUT2D eigenvalue weighted by molar-refractivity contribution is -0.183. The Balaban J connectivity index is 1.65. The Kier molecular flexibility index (Phi) is 5.02. The van der Waals surface area contributed by atoms with Gasteiger partial charge in [-0.15, -0.1) is 0 Å². The standard InChI is InChI=1S/C18H24N4O4S/c1-15-9-22(11-18(26-15)7-4-8-25-12-18)27(23,24)17-6-3-2-5-16(17)10-21-14-19-13-20-21/h2-3,5-6,13-15H,4,7-12H2,1H3. The lowest BCUT2D eigenvalue weighted by Gasteiger charge is -2.46. The van der Waals surface area contributed by atoms with E-state index in [1.807, 2.05) is 19.1 Å². The highest BCUT2D eigenvalue weighted by molar-refractivity contribution is 7.89. The van der Waals surface area contributed by atoms with Crippen molar-refractivity contribution in [3.8, 4) is 0 Å². The van der Waals surface area contributed by atoms with Crippen molar-refractivity contribution in [3.63, 3.8) is 0 Å². The highest BCUT2D eigenvalue weighted by atomic mass is 32.2. The van der Waals surface area contributed by atoms with Crippen LogP contribution in [0.2, 0.25) is 0 Å². The van der Waals surface area contributed by atoms with Crippen LogP contribution in [0.3, 0.4) is 0 Å². The molecule has 0 amide bonds. The van der Waals surface area contributed by atoms with Crippen molar-refractivity contribution >= 4 is 10.0 Å². The third kappa shape index (κ3) is 3.77. The molecule has 2 aromatic rings. The first-order chi connectivity index (χ1) is 13.0. The number of benzene rings is 1. The molecule has 8 nitrogen and oxygen atoms in total. The van der Waals surface area contributed by atoms with Crippen molar-refractivity contribution in [1.29, 1.82) is 0 Å². The van der Waals surface area contributed by atoms with Crippen LogP contribution < -0.4 is 0 Å². The number of rotatable bonds is 4. The van der Waals surface area contributed by atoms with E-state index < -0.39 is 15.6 Å². The number of nitrogens with zero attached hydrogens (tertiary/aromatic N) is 4. The number of ether oxygens (including phenoxy) is 2. The molecule has 146 valence electrons. The molecule has 2 unspecified atom stereocenters. The Morgan fingerprint density at radius 2 is 2.19 bits per heavy atom. The van der Waals surface area contributed by atoms with Crippen LogP contribution in [0.15, 0.2) is 41.8 Å². The molecular weight excluding hydrogens is 368 g/mol. The zero-order valence-electron chi connectivity index (χ0n) is 15.3. The van der Waals surface area contributed by atoms with Gasteiger partial charge in [-0.05, 0) is 31.4 Å². The summed E-state index contributed by atoms with van der Waals surface area (Å²) in [5.41, 5.74) is 0.139. The van der Waals surface area contributed by atoms with Crippen LogP contribution in [0, 0.1) is 0 Å². The molecule has 27 heavy (non-hydrogen) atoms. The summed E-state index contributed by atoms with van der Waals surface area (Å²) in [5, 5.41) is 4.09. The average molecular weight is 392 g/mol. The van der Waals surface area contributed by atoms with Gasteiger partial charge in [-0.25, -0.2) is 18.1 Å². The first kappa shape index (κ1) is 18.5. The van der Waals surface area contributed by atoms with Crippen molar-refractivity contribution in [2.75, 3.05) is 26.3 Å². The van der Waals surface area contributed by atoms with Gasteiger partial charge in [0.25, 0.3) is 0 Å². The highest BCUT2D eigenvalue weighted by Crippen LogP contribution is 2.33. The minimum atomic E-state index is -3.67. The third-order valence-corrected chi connectivity index (χ3v) is 6.96. The summed E-state index contributed by atoms with van der Waals surface area (Å²) in [7, 11) is -3.67. The van der Waals surface area contributed by atoms with Gasteiger partial charge in [0.1, 0.15) is 18.3 Å². The molecule has 2 atom stereocenters. The van der Waals surface area contributed by atoms with Gasteiger partial charge >= 0.3 is 0 Å². The van der Waals surface area contributed by atoms with E-state index in [4.69, 9.17) is 9.47 Å². The molecule has 1 spiro atoms. The summed E-state index contributed by atoms with van der Waals surface area (Å²) in [6, 6.07) is 7.06. The Morgan fingerprint density at radius 1 is 1.33 bits per heavy atom. The van der Waals surface area contributed by atoms with Crippen LogP contribution in [0.1, 0.15) is 25.3 Å². The van der Waals surface area contributed by atoms with E-state index in [0.717, 1.165) is 12.8 Å². The van der Waals surface area contributed by atoms with Crippen molar-refractivity contribution in [2.45, 2.75) is 42.9 Å². The molecule has 0 saturated carbocycles. The van der Waals surface area contributed by atoms with E-state index in [9.17, 15) is 8.42 Å². The van der Waals surface area contributed by atoms with Crippen molar-refractivity contribution in [1.82, 2.24) is 19.1 Å². The molecule has 0 N–H and O–H groups in total. The van der Waals surface area contributed by atoms with E-state index in [1.165, 1.54) is 6.33 Å². The minimum Gasteiger partial charge on any atom is -0.378 e. The number of hydrogen-bond donors (Lipinski definition) is 0. The maximum absolute atomic E-state index is 13.5. The van der Waals surface area contributed by atoms with Crippen molar-refractivity contribution in [2.24, 2.45) is 0 Å². The summed E-state index contributed by atoms with van der Waals surface area (Å²) < 4.78 is 41.9. The summed E-state index contributed by atoms with van der Waals surface area (Å²) in [5.74, 6) is 0. The smallest absolute Gasteiger partial charge is 0.243 e. The molecule has 4 rings (SSSR count). The molecule has 0 radical (unpaired) electrons. The zero-order chi connectivity index (χ0) is 18.9. The van der Waals surface area contributed by atoms with Crippen molar-refractivity contribution < 1.29 is 17.9 Å². The molecule has 1 aromatic heterocycles. The lowest BCUT2D eigenvalue weighted by atomic mass is 9.94. The average Bonchev–Trinajstić information content (AvgIpc) is 3.15. The maximum atomic E-state index is 13.5. The Hall–Kier alpha value is -1.81. The normalized spacial score (nSPS) is 27.1. The number of aromatic nitrogens is 3. The largest absolute Gasteiger partial charge is 0.378 e. The number of hydrogen-bond acceptors (Lipinski definition) is 6. The minimum absolute atomic E-state index is 0.183. The highest BCUT2D eigenvalue weighted by Gasteiger charge is 2.45. The van der Waals surface area contributed by atoms with Crippen molar-refractivity contribution in [3.05, 3.63) is 42.5 Å². The van der Waals surface area contributed by atoms with Crippen LogP contribution in [0.25, 0.3) is 0 Å². The van der Waals surface area contributed by atoms with E-state index in [-0.39, 0.29) is 6.10 Å². The molecule has 0 bridgehead atoms. The Labute approximate surface area is 159 Å². The molecule has 2 saturated heterocycles. The molecule has 2 fully saturated rings. The number of morpholine rings is 1. The molecule has 3 heterocycles. The van der Waals surface area contributed by atoms with Crippen LogP contribution in [-0.2, 0) is 26.0 Å². The van der Waals surface area contributed by atoms with Gasteiger partial charge in [0.15, 0.2) is 0 Å². The third-order valence-electron chi connectivity index (χ3n) is 5.05. The molecule has 0 aliphatic carbocycles. The monoisotopic (exact) mass is 392 g/mol. The molecule has 1 aromatic carbocycles. The fraction of sp³-hybridized carbons (Fsp3) is 0.556. The van der Waals surface area contributed by atoms with E-state index in [0.29, 0.717) is 43.3 Å². The fourth-order valence-electron chi connectivity index (χ4n) is 3.92. The predicted molar refractivity (Wildman–Crippen MR) is 97.7 cm³/mol. The fourth-order valence-corrected chi connectivity index (χ4v) is 5.72. The topological polar surface area (TPSA) is 86.6 Å². The van der Waals surface area contributed by atoms with E-state index in [1.54, 1.807) is 27.4 Å². The second-order valence-electron chi connectivity index (χ2n) is 7.27. The molecule has 9 heteroatoms. The number of sulfonamides is 1. The SMILES string of the molecule is CC1CN(S(=O)(=O)c2ccccc2Cn2cncn2)CC2(CCCOC2)O1. The van der Waals surface area contributed by atoms with Gasteiger partial charge in [0, 0.05) is 19.7 Å². The van der Waals surface area contributed by atoms with Crippen LogP contribution >= 0.6 is 0 Å². The van der Waals surface area contributed by atoms with Crippen LogP contribution in [0.4, 0.5) is 0 Å². The Morgan fingerprint density at radius 3 is 2.93 bits per heavy atom. The van der Waals surface area contributed by atoms with Gasteiger partial charge in [0.2, 0.25) is 10.0 Å². The molecule has 2 aliphatic heterocycles. The first-order valence-corrected chi connectivity index (χ1v) is 10.6. The van der Waals surface area contributed by atoms with Gasteiger partial charge in [-0.3, -0.25) is 0 Å². The Bertz CT molecular complexity index is 879. The van der Waals surface area contributed by atoms with E-state index in [2.05, 4.69) is 10.1 Å². The summed E-state index contributed by atoms with van der Waals surface area (Å²) >= 11 is 0. The van der Waals surface area contributed by atoms with Gasteiger partial charge in [-0.2, -0.15) is 9.40 Å². The second-order valence-corrected chi connectivity index (χ2v) is 9.17.